The van der Waals surface area contributed by atoms with E-state index in [1.807, 2.05) is 0 Å². The van der Waals surface area contributed by atoms with Crippen LogP contribution in [0.25, 0.3) is 0 Å². The number of halogens is 2. The first-order chi connectivity index (χ1) is 8.49. The van der Waals surface area contributed by atoms with Gasteiger partial charge in [-0.1, -0.05) is 11.6 Å². The average Bonchev–Trinajstić information content (AvgIpc) is 2.34. The first-order valence-electron chi connectivity index (χ1n) is 5.11. The number of hydrogen-bond acceptors (Lipinski definition) is 4. The molecule has 2 aromatic heterocycles. The number of aryl methyl sites for hydroxylation is 1. The number of pyridine rings is 1. The van der Waals surface area contributed by atoms with E-state index in [0.717, 1.165) is 0 Å². The van der Waals surface area contributed by atoms with E-state index in [-0.39, 0.29) is 12.1 Å². The minimum atomic E-state index is -0.178. The van der Waals surface area contributed by atoms with Crippen LogP contribution in [0.5, 0.6) is 0 Å². The highest BCUT2D eigenvalue weighted by atomic mass is 79.9. The lowest BCUT2D eigenvalue weighted by atomic mass is 10.3. The molecule has 0 bridgehead atoms. The van der Waals surface area contributed by atoms with Crippen molar-refractivity contribution in [2.75, 3.05) is 5.73 Å². The molecular weight excluding hydrogens is 320 g/mol. The zero-order chi connectivity index (χ0) is 13.3. The maximum Gasteiger partial charge on any atom is 0.268 e. The van der Waals surface area contributed by atoms with Crippen LogP contribution in [-0.4, -0.2) is 14.5 Å². The van der Waals surface area contributed by atoms with Crippen molar-refractivity contribution in [1.29, 1.82) is 0 Å². The number of nitrogens with two attached hydrogens (primary N) is 1. The average molecular weight is 330 g/mol. The van der Waals surface area contributed by atoms with Gasteiger partial charge in [0.05, 0.1) is 29.3 Å². The zero-order valence-electron chi connectivity index (χ0n) is 9.52. The molecule has 0 atom stereocenters. The van der Waals surface area contributed by atoms with Gasteiger partial charge in [0.25, 0.3) is 5.56 Å². The van der Waals surface area contributed by atoms with Crippen LogP contribution in [0.2, 0.25) is 5.02 Å². The number of nitrogen functional groups attached to an aromatic ring is 1. The van der Waals surface area contributed by atoms with E-state index in [4.69, 9.17) is 17.3 Å². The van der Waals surface area contributed by atoms with Crippen LogP contribution in [0.1, 0.15) is 11.4 Å². The van der Waals surface area contributed by atoms with Crippen molar-refractivity contribution in [3.05, 3.63) is 49.7 Å². The summed E-state index contributed by atoms with van der Waals surface area (Å²) in [5.41, 5.74) is 6.59. The van der Waals surface area contributed by atoms with Gasteiger partial charge in [0.15, 0.2) is 0 Å². The smallest absolute Gasteiger partial charge is 0.268 e. The molecule has 0 amide bonds. The molecule has 0 saturated heterocycles. The van der Waals surface area contributed by atoms with Crippen molar-refractivity contribution in [2.45, 2.75) is 13.5 Å². The van der Waals surface area contributed by atoms with Crippen LogP contribution in [0.3, 0.4) is 0 Å². The predicted molar refractivity (Wildman–Crippen MR) is 73.7 cm³/mol. The van der Waals surface area contributed by atoms with Crippen LogP contribution in [0.4, 0.5) is 5.82 Å². The monoisotopic (exact) mass is 328 g/mol. The Bertz CT molecular complexity index is 656. The molecule has 0 unspecified atom stereocenters. The minimum absolute atomic E-state index is 0.178. The fourth-order valence-electron chi connectivity index (χ4n) is 1.43. The summed E-state index contributed by atoms with van der Waals surface area (Å²) in [7, 11) is 0. The fourth-order valence-corrected chi connectivity index (χ4v) is 1.93. The van der Waals surface area contributed by atoms with Crippen molar-refractivity contribution in [2.24, 2.45) is 0 Å². The molecule has 0 aliphatic heterocycles. The number of nitrogens with zero attached hydrogens (tertiary/aromatic N) is 3. The fraction of sp³-hybridized carbons (Fsp3) is 0.182. The first kappa shape index (κ1) is 13.0. The third-order valence-corrected chi connectivity index (χ3v) is 3.67. The molecule has 2 N–H and O–H groups in total. The summed E-state index contributed by atoms with van der Waals surface area (Å²) in [6, 6.07) is 3.26. The molecule has 2 heterocycles. The Morgan fingerprint density at radius 1 is 1.50 bits per heavy atom. The second-order valence-corrected chi connectivity index (χ2v) is 4.94. The van der Waals surface area contributed by atoms with Crippen molar-refractivity contribution in [3.8, 4) is 0 Å². The molecule has 0 aliphatic carbocycles. The number of anilines is 1. The Balaban J connectivity index is 2.44. The SMILES string of the molecule is Cc1ncn(Cc2nc(N)ccc2Cl)c(=O)c1Br. The Kier molecular flexibility index (Phi) is 3.68. The molecule has 2 aromatic rings. The Morgan fingerprint density at radius 2 is 2.22 bits per heavy atom. The number of rotatable bonds is 2. The van der Waals surface area contributed by atoms with Gasteiger partial charge >= 0.3 is 0 Å². The van der Waals surface area contributed by atoms with Gasteiger partial charge in [-0.2, -0.15) is 0 Å². The Labute approximate surface area is 117 Å². The van der Waals surface area contributed by atoms with Crippen LogP contribution < -0.4 is 11.3 Å². The molecule has 0 aromatic carbocycles. The van der Waals surface area contributed by atoms with E-state index >= 15 is 0 Å². The van der Waals surface area contributed by atoms with E-state index in [1.165, 1.54) is 10.9 Å². The van der Waals surface area contributed by atoms with Gasteiger partial charge in [-0.05, 0) is 35.0 Å². The summed E-state index contributed by atoms with van der Waals surface area (Å²) in [4.78, 5) is 20.2. The van der Waals surface area contributed by atoms with Crippen LogP contribution in [0.15, 0.2) is 27.7 Å². The second kappa shape index (κ2) is 5.07. The predicted octanol–water partition coefficient (Wildman–Crippen LogP) is 1.99. The summed E-state index contributed by atoms with van der Waals surface area (Å²) in [5, 5.41) is 0.466. The van der Waals surface area contributed by atoms with Crippen LogP contribution in [0, 0.1) is 6.92 Å². The molecule has 0 saturated carbocycles. The number of hydrogen-bond donors (Lipinski definition) is 1. The summed E-state index contributed by atoms with van der Waals surface area (Å²) >= 11 is 9.21. The highest BCUT2D eigenvalue weighted by molar-refractivity contribution is 9.10. The summed E-state index contributed by atoms with van der Waals surface area (Å²) in [6.07, 6.45) is 1.46. The van der Waals surface area contributed by atoms with E-state index < -0.39 is 0 Å². The maximum atomic E-state index is 12.0. The molecule has 94 valence electrons. The van der Waals surface area contributed by atoms with Gasteiger partial charge in [-0.25, -0.2) is 9.97 Å². The lowest BCUT2D eigenvalue weighted by molar-refractivity contribution is 0.709. The van der Waals surface area contributed by atoms with Crippen molar-refractivity contribution in [3.63, 3.8) is 0 Å². The normalized spacial score (nSPS) is 10.6. The first-order valence-corrected chi connectivity index (χ1v) is 6.28. The molecule has 0 spiro atoms. The Morgan fingerprint density at radius 3 is 2.94 bits per heavy atom. The van der Waals surface area contributed by atoms with Gasteiger partial charge < -0.3 is 5.73 Å². The van der Waals surface area contributed by atoms with Gasteiger partial charge in [0.1, 0.15) is 10.3 Å². The highest BCUT2D eigenvalue weighted by Gasteiger charge is 2.09. The lowest BCUT2D eigenvalue weighted by Gasteiger charge is -2.08. The van der Waals surface area contributed by atoms with Gasteiger partial charge in [-0.15, -0.1) is 0 Å². The van der Waals surface area contributed by atoms with E-state index in [0.29, 0.717) is 26.7 Å². The topological polar surface area (TPSA) is 73.8 Å². The summed E-state index contributed by atoms with van der Waals surface area (Å²) in [5.74, 6) is 0.363. The molecule has 0 radical (unpaired) electrons. The minimum Gasteiger partial charge on any atom is -0.384 e. The third kappa shape index (κ3) is 2.54. The van der Waals surface area contributed by atoms with Crippen LogP contribution >= 0.6 is 27.5 Å². The van der Waals surface area contributed by atoms with E-state index in [1.54, 1.807) is 19.1 Å². The molecular formula is C11H10BrClN4O. The molecule has 18 heavy (non-hydrogen) atoms. The second-order valence-electron chi connectivity index (χ2n) is 3.74. The van der Waals surface area contributed by atoms with Gasteiger partial charge in [0, 0.05) is 0 Å². The summed E-state index contributed by atoms with van der Waals surface area (Å²) in [6.45, 7) is 1.98. The lowest BCUT2D eigenvalue weighted by Crippen LogP contribution is -2.23. The highest BCUT2D eigenvalue weighted by Crippen LogP contribution is 2.16. The van der Waals surface area contributed by atoms with Crippen molar-refractivity contribution >= 4 is 33.3 Å². The van der Waals surface area contributed by atoms with Gasteiger partial charge in [-0.3, -0.25) is 9.36 Å². The van der Waals surface area contributed by atoms with Gasteiger partial charge in [0.2, 0.25) is 0 Å². The summed E-state index contributed by atoms with van der Waals surface area (Å²) < 4.78 is 1.86. The molecule has 0 fully saturated rings. The molecule has 7 heteroatoms. The van der Waals surface area contributed by atoms with Crippen molar-refractivity contribution < 1.29 is 0 Å². The quantitative estimate of drug-likeness (QED) is 0.914. The number of aromatic nitrogens is 3. The van der Waals surface area contributed by atoms with Crippen LogP contribution in [-0.2, 0) is 6.54 Å². The van der Waals surface area contributed by atoms with E-state index in [2.05, 4.69) is 25.9 Å². The standard InChI is InChI=1S/C11H10BrClN4O/c1-6-10(12)11(18)17(5-15-6)4-8-7(13)2-3-9(14)16-8/h2-3,5H,4H2,1H3,(H2,14,16). The maximum absolute atomic E-state index is 12.0. The molecule has 5 nitrogen and oxygen atoms in total. The molecule has 0 aliphatic rings. The Hall–Kier alpha value is -1.40. The third-order valence-electron chi connectivity index (χ3n) is 2.42. The largest absolute Gasteiger partial charge is 0.384 e. The molecule has 2 rings (SSSR count). The zero-order valence-corrected chi connectivity index (χ0v) is 11.9. The van der Waals surface area contributed by atoms with Crippen molar-refractivity contribution in [1.82, 2.24) is 14.5 Å². The van der Waals surface area contributed by atoms with E-state index in [9.17, 15) is 4.79 Å².